The summed E-state index contributed by atoms with van der Waals surface area (Å²) < 4.78 is 12.7. The second-order valence-corrected chi connectivity index (χ2v) is 6.99. The van der Waals surface area contributed by atoms with Crippen LogP contribution in [0.2, 0.25) is 0 Å². The average molecular weight is 332 g/mol. The van der Waals surface area contributed by atoms with E-state index < -0.39 is 23.2 Å². The Labute approximate surface area is 136 Å². The standard InChI is InChI=1S/C16H16N2O6/c1-23-13-11-14(20)18-8-4-16(8)3-2-9(16)24-10(18)6-17(11)5-7(12(13)19)15(21)22/h5,8-10H,2-4,6H2,1H3,(H,21,22)/t8-,9?,10-,16?/m1/s1. The van der Waals surface area contributed by atoms with Gasteiger partial charge in [-0.05, 0) is 19.3 Å². The average Bonchev–Trinajstić information content (AvgIpc) is 3.29. The number of ether oxygens (including phenoxy) is 2. The van der Waals surface area contributed by atoms with E-state index in [4.69, 9.17) is 9.47 Å². The lowest BCUT2D eigenvalue weighted by molar-refractivity contribution is -0.196. The maximum Gasteiger partial charge on any atom is 0.341 e. The van der Waals surface area contributed by atoms with E-state index in [1.165, 1.54) is 17.9 Å². The SMILES string of the molecule is COc1c2n(cc(C(=O)O)c1=O)C[C@H]1OC3CCC34C[C@H]4N1C2=O. The van der Waals surface area contributed by atoms with Crippen molar-refractivity contribution in [2.45, 2.75) is 44.2 Å². The number of nitrogens with zero attached hydrogens (tertiary/aromatic N) is 2. The fourth-order valence-corrected chi connectivity index (χ4v) is 4.62. The molecule has 126 valence electrons. The van der Waals surface area contributed by atoms with E-state index in [-0.39, 0.29) is 34.9 Å². The normalized spacial score (nSPS) is 35.1. The van der Waals surface area contributed by atoms with Crippen molar-refractivity contribution < 1.29 is 24.2 Å². The molecule has 8 heteroatoms. The van der Waals surface area contributed by atoms with Crippen LogP contribution in [-0.2, 0) is 11.3 Å². The fraction of sp³-hybridized carbons (Fsp3) is 0.562. The Balaban J connectivity index is 1.66. The molecule has 8 nitrogen and oxygen atoms in total. The molecule has 0 radical (unpaired) electrons. The second kappa shape index (κ2) is 4.18. The van der Waals surface area contributed by atoms with Crippen LogP contribution in [0.3, 0.4) is 0 Å². The van der Waals surface area contributed by atoms with Crippen LogP contribution in [0.1, 0.15) is 40.1 Å². The van der Waals surface area contributed by atoms with Gasteiger partial charge in [0.05, 0.1) is 19.8 Å². The molecule has 4 aliphatic rings. The van der Waals surface area contributed by atoms with E-state index >= 15 is 0 Å². The topological polar surface area (TPSA) is 98.1 Å². The van der Waals surface area contributed by atoms with Gasteiger partial charge in [-0.3, -0.25) is 9.59 Å². The molecule has 2 unspecified atom stereocenters. The molecule has 3 fully saturated rings. The van der Waals surface area contributed by atoms with Crippen LogP contribution in [0.15, 0.2) is 11.0 Å². The van der Waals surface area contributed by atoms with Crippen LogP contribution >= 0.6 is 0 Å². The summed E-state index contributed by atoms with van der Waals surface area (Å²) in [4.78, 5) is 38.4. The summed E-state index contributed by atoms with van der Waals surface area (Å²) in [5.74, 6) is -1.86. The highest BCUT2D eigenvalue weighted by atomic mass is 16.5. The van der Waals surface area contributed by atoms with Gasteiger partial charge >= 0.3 is 5.97 Å². The Bertz CT molecular complexity index is 861. The molecule has 5 rings (SSSR count). The van der Waals surface area contributed by atoms with Crippen LogP contribution in [0, 0.1) is 5.41 Å². The molecule has 1 saturated heterocycles. The van der Waals surface area contributed by atoms with Crippen LogP contribution in [-0.4, -0.2) is 51.9 Å². The maximum atomic E-state index is 13.0. The lowest BCUT2D eigenvalue weighted by atomic mass is 9.76. The van der Waals surface area contributed by atoms with Gasteiger partial charge in [-0.25, -0.2) is 4.79 Å². The number of methoxy groups -OCH3 is 1. The predicted octanol–water partition coefficient (Wildman–Crippen LogP) is 0.288. The van der Waals surface area contributed by atoms with Crippen molar-refractivity contribution in [1.82, 2.24) is 9.47 Å². The molecule has 1 aromatic heterocycles. The van der Waals surface area contributed by atoms with E-state index in [0.717, 1.165) is 19.3 Å². The van der Waals surface area contributed by atoms with E-state index in [2.05, 4.69) is 0 Å². The predicted molar refractivity (Wildman–Crippen MR) is 79.1 cm³/mol. The van der Waals surface area contributed by atoms with Gasteiger partial charge in [0.15, 0.2) is 17.7 Å². The molecule has 4 atom stereocenters. The minimum Gasteiger partial charge on any atom is -0.491 e. The first-order chi connectivity index (χ1) is 11.5. The highest BCUT2D eigenvalue weighted by molar-refractivity contribution is 5.98. The van der Waals surface area contributed by atoms with E-state index in [9.17, 15) is 19.5 Å². The van der Waals surface area contributed by atoms with Crippen molar-refractivity contribution in [2.24, 2.45) is 5.41 Å². The minimum absolute atomic E-state index is 0.114. The lowest BCUT2D eigenvalue weighted by Crippen LogP contribution is -2.61. The van der Waals surface area contributed by atoms with Crippen molar-refractivity contribution in [3.63, 3.8) is 0 Å². The summed E-state index contributed by atoms with van der Waals surface area (Å²) >= 11 is 0. The summed E-state index contributed by atoms with van der Waals surface area (Å²) in [6, 6.07) is 0.162. The third-order valence-electron chi connectivity index (χ3n) is 6.02. The lowest BCUT2D eigenvalue weighted by Gasteiger charge is -2.51. The number of pyridine rings is 1. The monoisotopic (exact) mass is 332 g/mol. The van der Waals surface area contributed by atoms with Gasteiger partial charge in [0.25, 0.3) is 5.91 Å². The van der Waals surface area contributed by atoms with Gasteiger partial charge in [0.1, 0.15) is 5.56 Å². The highest BCUT2D eigenvalue weighted by Crippen LogP contribution is 2.67. The second-order valence-electron chi connectivity index (χ2n) is 6.99. The van der Waals surface area contributed by atoms with Crippen LogP contribution in [0.4, 0.5) is 0 Å². The van der Waals surface area contributed by atoms with Crippen molar-refractivity contribution in [3.05, 3.63) is 27.7 Å². The molecule has 2 aliphatic heterocycles. The van der Waals surface area contributed by atoms with Gasteiger partial charge in [0, 0.05) is 17.7 Å². The molecular weight excluding hydrogens is 316 g/mol. The zero-order valence-electron chi connectivity index (χ0n) is 13.0. The molecule has 1 N–H and O–H groups in total. The van der Waals surface area contributed by atoms with E-state index in [1.54, 1.807) is 4.90 Å². The largest absolute Gasteiger partial charge is 0.491 e. The molecular formula is C16H16N2O6. The number of carbonyl (C=O) groups is 2. The van der Waals surface area contributed by atoms with Crippen molar-refractivity contribution in [1.29, 1.82) is 0 Å². The first-order valence-electron chi connectivity index (χ1n) is 8.01. The number of amides is 1. The number of aromatic carboxylic acids is 1. The molecule has 0 aromatic carbocycles. The number of aromatic nitrogens is 1. The van der Waals surface area contributed by atoms with Crippen LogP contribution in [0.25, 0.3) is 0 Å². The Kier molecular flexibility index (Phi) is 2.45. The summed E-state index contributed by atoms with van der Waals surface area (Å²) in [6.07, 6.45) is 4.02. The third-order valence-corrected chi connectivity index (χ3v) is 6.02. The van der Waals surface area contributed by atoms with Gasteiger partial charge in [-0.1, -0.05) is 0 Å². The summed E-state index contributed by atoms with van der Waals surface area (Å²) in [7, 11) is 1.27. The number of carbonyl (C=O) groups excluding carboxylic acids is 1. The molecule has 0 bridgehead atoms. The number of carboxylic acid groups (broad SMARTS) is 1. The molecule has 1 spiro atoms. The highest BCUT2D eigenvalue weighted by Gasteiger charge is 2.72. The molecule has 3 heterocycles. The number of rotatable bonds is 2. The minimum atomic E-state index is -1.34. The van der Waals surface area contributed by atoms with E-state index in [1.807, 2.05) is 0 Å². The van der Waals surface area contributed by atoms with Crippen LogP contribution < -0.4 is 10.2 Å². The van der Waals surface area contributed by atoms with Gasteiger partial charge in [-0.15, -0.1) is 0 Å². The first-order valence-corrected chi connectivity index (χ1v) is 8.01. The quantitative estimate of drug-likeness (QED) is 0.836. The zero-order chi connectivity index (χ0) is 16.8. The molecule has 1 aromatic rings. The van der Waals surface area contributed by atoms with Crippen molar-refractivity contribution in [2.75, 3.05) is 7.11 Å². The number of carboxylic acids is 1. The molecule has 2 aliphatic carbocycles. The number of hydrogen-bond acceptors (Lipinski definition) is 5. The first kappa shape index (κ1) is 14.0. The summed E-state index contributed by atoms with van der Waals surface area (Å²) in [6.45, 7) is 0.307. The Hall–Kier alpha value is -2.35. The Morgan fingerprint density at radius 2 is 2.25 bits per heavy atom. The van der Waals surface area contributed by atoms with Gasteiger partial charge in [-0.2, -0.15) is 0 Å². The molecule has 1 amide bonds. The zero-order valence-corrected chi connectivity index (χ0v) is 13.0. The van der Waals surface area contributed by atoms with Gasteiger partial charge < -0.3 is 24.0 Å². The Morgan fingerprint density at radius 3 is 2.88 bits per heavy atom. The van der Waals surface area contributed by atoms with Crippen LogP contribution in [0.5, 0.6) is 5.75 Å². The molecule has 2 saturated carbocycles. The smallest absolute Gasteiger partial charge is 0.341 e. The van der Waals surface area contributed by atoms with E-state index in [0.29, 0.717) is 6.54 Å². The molecule has 24 heavy (non-hydrogen) atoms. The summed E-state index contributed by atoms with van der Waals surface area (Å²) in [5.41, 5.74) is -0.944. The Morgan fingerprint density at radius 1 is 1.46 bits per heavy atom. The summed E-state index contributed by atoms with van der Waals surface area (Å²) in [5, 5.41) is 9.22. The fourth-order valence-electron chi connectivity index (χ4n) is 4.62. The maximum absolute atomic E-state index is 13.0. The van der Waals surface area contributed by atoms with Crippen molar-refractivity contribution >= 4 is 11.9 Å². The third kappa shape index (κ3) is 1.45. The van der Waals surface area contributed by atoms with Crippen molar-refractivity contribution in [3.8, 4) is 5.75 Å². The number of fused-ring (bicyclic) bond motifs is 3. The van der Waals surface area contributed by atoms with Gasteiger partial charge in [0.2, 0.25) is 5.43 Å². The number of hydrogen-bond donors (Lipinski definition) is 1.